The van der Waals surface area contributed by atoms with Gasteiger partial charge in [-0.1, -0.05) is 0 Å². The molecule has 1 aliphatic rings. The Hall–Kier alpha value is -2.26. The minimum absolute atomic E-state index is 0.187. The number of ether oxygens (including phenoxy) is 2. The second-order valence-electron chi connectivity index (χ2n) is 5.34. The summed E-state index contributed by atoms with van der Waals surface area (Å²) in [6.07, 6.45) is -0.307. The summed E-state index contributed by atoms with van der Waals surface area (Å²) < 4.78 is 11.9. The minimum atomic E-state index is -0.707. The standard InChI is InChI=1S/C14H19N3O6/c1-7-5-17(14(21)16-13(7)15-8(2)19)12-4-10(22-9(3)20)11(6-18)23-12/h5,10-12,18H,4,6H2,1-3H3,(H,15,16,19,21)/t10-,11+,12+/m0/s1. The van der Waals surface area contributed by atoms with Crippen molar-refractivity contribution in [2.24, 2.45) is 0 Å². The van der Waals surface area contributed by atoms with E-state index in [9.17, 15) is 19.5 Å². The Labute approximate surface area is 132 Å². The van der Waals surface area contributed by atoms with E-state index in [1.165, 1.54) is 24.6 Å². The summed E-state index contributed by atoms with van der Waals surface area (Å²) >= 11 is 0. The van der Waals surface area contributed by atoms with E-state index in [0.717, 1.165) is 0 Å². The fourth-order valence-electron chi connectivity index (χ4n) is 2.44. The Morgan fingerprint density at radius 2 is 2.22 bits per heavy atom. The van der Waals surface area contributed by atoms with Crippen LogP contribution in [-0.4, -0.2) is 45.3 Å². The van der Waals surface area contributed by atoms with Crippen LogP contribution < -0.4 is 11.0 Å². The Balaban J connectivity index is 2.25. The quantitative estimate of drug-likeness (QED) is 0.731. The molecule has 2 heterocycles. The molecule has 3 atom stereocenters. The van der Waals surface area contributed by atoms with Gasteiger partial charge in [-0.15, -0.1) is 0 Å². The summed E-state index contributed by atoms with van der Waals surface area (Å²) in [5, 5.41) is 11.8. The van der Waals surface area contributed by atoms with Gasteiger partial charge in [0.15, 0.2) is 0 Å². The van der Waals surface area contributed by atoms with E-state index in [2.05, 4.69) is 10.3 Å². The molecule has 1 saturated heterocycles. The van der Waals surface area contributed by atoms with Gasteiger partial charge in [0, 0.05) is 32.0 Å². The van der Waals surface area contributed by atoms with Crippen LogP contribution in [0.15, 0.2) is 11.0 Å². The largest absolute Gasteiger partial charge is 0.460 e. The molecule has 0 aliphatic carbocycles. The Morgan fingerprint density at radius 1 is 1.52 bits per heavy atom. The predicted molar refractivity (Wildman–Crippen MR) is 78.7 cm³/mol. The number of aryl methyl sites for hydroxylation is 1. The van der Waals surface area contributed by atoms with E-state index in [1.807, 2.05) is 0 Å². The first-order valence-corrected chi connectivity index (χ1v) is 7.12. The van der Waals surface area contributed by atoms with Crippen LogP contribution in [0, 0.1) is 6.92 Å². The number of nitrogens with zero attached hydrogens (tertiary/aromatic N) is 2. The van der Waals surface area contributed by atoms with Gasteiger partial charge in [-0.3, -0.25) is 14.2 Å². The lowest BCUT2D eigenvalue weighted by Gasteiger charge is -2.16. The molecule has 2 N–H and O–H groups in total. The normalized spacial score (nSPS) is 23.6. The van der Waals surface area contributed by atoms with Crippen LogP contribution in [0.4, 0.5) is 5.82 Å². The number of esters is 1. The van der Waals surface area contributed by atoms with Crippen molar-refractivity contribution in [1.82, 2.24) is 9.55 Å². The van der Waals surface area contributed by atoms with Crippen LogP contribution >= 0.6 is 0 Å². The molecular weight excluding hydrogens is 306 g/mol. The van der Waals surface area contributed by atoms with Gasteiger partial charge < -0.3 is 19.9 Å². The van der Waals surface area contributed by atoms with Crippen molar-refractivity contribution in [2.45, 2.75) is 45.6 Å². The zero-order chi connectivity index (χ0) is 17.1. The SMILES string of the molecule is CC(=O)Nc1nc(=O)n([C@H]2C[C@H](OC(C)=O)[C@@H](CO)O2)cc1C. The third-order valence-electron chi connectivity index (χ3n) is 3.42. The molecule has 126 valence electrons. The molecule has 1 amide bonds. The lowest BCUT2D eigenvalue weighted by Crippen LogP contribution is -2.29. The van der Waals surface area contributed by atoms with E-state index >= 15 is 0 Å². The van der Waals surface area contributed by atoms with Crippen LogP contribution in [0.2, 0.25) is 0 Å². The van der Waals surface area contributed by atoms with Crippen molar-refractivity contribution < 1.29 is 24.2 Å². The van der Waals surface area contributed by atoms with Gasteiger partial charge in [0.2, 0.25) is 5.91 Å². The highest BCUT2D eigenvalue weighted by molar-refractivity contribution is 5.88. The van der Waals surface area contributed by atoms with E-state index in [4.69, 9.17) is 9.47 Å². The van der Waals surface area contributed by atoms with Crippen molar-refractivity contribution in [1.29, 1.82) is 0 Å². The molecule has 0 aromatic carbocycles. The topological polar surface area (TPSA) is 120 Å². The highest BCUT2D eigenvalue weighted by atomic mass is 16.6. The molecule has 0 saturated carbocycles. The molecule has 0 spiro atoms. The second kappa shape index (κ2) is 6.88. The molecule has 2 rings (SSSR count). The number of nitrogens with one attached hydrogen (secondary N) is 1. The molecule has 9 heteroatoms. The fraction of sp³-hybridized carbons (Fsp3) is 0.571. The maximum Gasteiger partial charge on any atom is 0.351 e. The molecule has 0 bridgehead atoms. The van der Waals surface area contributed by atoms with Crippen molar-refractivity contribution in [3.8, 4) is 0 Å². The summed E-state index contributed by atoms with van der Waals surface area (Å²) in [6.45, 7) is 3.94. The van der Waals surface area contributed by atoms with Gasteiger partial charge in [0.25, 0.3) is 0 Å². The molecular formula is C14H19N3O6. The van der Waals surface area contributed by atoms with Gasteiger partial charge in [0.05, 0.1) is 6.61 Å². The number of amides is 1. The highest BCUT2D eigenvalue weighted by Crippen LogP contribution is 2.30. The van der Waals surface area contributed by atoms with Gasteiger partial charge in [0.1, 0.15) is 24.3 Å². The van der Waals surface area contributed by atoms with E-state index in [-0.39, 0.29) is 24.8 Å². The Bertz CT molecular complexity index is 671. The molecule has 0 radical (unpaired) electrons. The molecule has 1 aromatic rings. The van der Waals surface area contributed by atoms with Crippen LogP contribution in [0.3, 0.4) is 0 Å². The number of aliphatic hydroxyl groups is 1. The predicted octanol–water partition coefficient (Wildman–Crippen LogP) is -0.278. The zero-order valence-corrected chi connectivity index (χ0v) is 13.1. The molecule has 1 aliphatic heterocycles. The maximum absolute atomic E-state index is 12.1. The number of hydrogen-bond acceptors (Lipinski definition) is 7. The smallest absolute Gasteiger partial charge is 0.351 e. The van der Waals surface area contributed by atoms with Crippen LogP contribution in [0.5, 0.6) is 0 Å². The average molecular weight is 325 g/mol. The van der Waals surface area contributed by atoms with E-state index < -0.39 is 30.1 Å². The zero-order valence-electron chi connectivity index (χ0n) is 13.1. The first-order chi connectivity index (χ1) is 10.8. The van der Waals surface area contributed by atoms with Crippen molar-refractivity contribution in [2.75, 3.05) is 11.9 Å². The van der Waals surface area contributed by atoms with Crippen molar-refractivity contribution in [3.63, 3.8) is 0 Å². The molecule has 23 heavy (non-hydrogen) atoms. The van der Waals surface area contributed by atoms with E-state index in [1.54, 1.807) is 6.92 Å². The average Bonchev–Trinajstić information content (AvgIpc) is 2.83. The van der Waals surface area contributed by atoms with Crippen LogP contribution in [0.25, 0.3) is 0 Å². The number of anilines is 1. The van der Waals surface area contributed by atoms with Gasteiger partial charge >= 0.3 is 11.7 Å². The summed E-state index contributed by atoms with van der Waals surface area (Å²) in [5.74, 6) is -0.627. The number of hydrogen-bond donors (Lipinski definition) is 2. The van der Waals surface area contributed by atoms with E-state index in [0.29, 0.717) is 5.56 Å². The van der Waals surface area contributed by atoms with Crippen molar-refractivity contribution >= 4 is 17.7 Å². The van der Waals surface area contributed by atoms with Crippen LogP contribution in [-0.2, 0) is 19.1 Å². The molecule has 1 fully saturated rings. The summed E-state index contributed by atoms with van der Waals surface area (Å²) in [4.78, 5) is 38.1. The number of aromatic nitrogens is 2. The number of carbonyl (C=O) groups is 2. The number of aliphatic hydroxyl groups excluding tert-OH is 1. The highest BCUT2D eigenvalue weighted by Gasteiger charge is 2.38. The first kappa shape index (κ1) is 17.1. The number of rotatable bonds is 4. The molecule has 1 aromatic heterocycles. The fourth-order valence-corrected chi connectivity index (χ4v) is 2.44. The lowest BCUT2D eigenvalue weighted by molar-refractivity contribution is -0.150. The van der Waals surface area contributed by atoms with Gasteiger partial charge in [-0.2, -0.15) is 4.98 Å². The first-order valence-electron chi connectivity index (χ1n) is 7.12. The maximum atomic E-state index is 12.1. The third kappa shape index (κ3) is 3.93. The van der Waals surface area contributed by atoms with Crippen molar-refractivity contribution in [3.05, 3.63) is 22.2 Å². The number of carbonyl (C=O) groups excluding carboxylic acids is 2. The van der Waals surface area contributed by atoms with Gasteiger partial charge in [-0.25, -0.2) is 4.79 Å². The molecule has 0 unspecified atom stereocenters. The van der Waals surface area contributed by atoms with Gasteiger partial charge in [-0.05, 0) is 6.92 Å². The minimum Gasteiger partial charge on any atom is -0.460 e. The lowest BCUT2D eigenvalue weighted by atomic mass is 10.2. The summed E-state index contributed by atoms with van der Waals surface area (Å²) in [6, 6.07) is 0. The summed E-state index contributed by atoms with van der Waals surface area (Å²) in [7, 11) is 0. The monoisotopic (exact) mass is 325 g/mol. The molecule has 9 nitrogen and oxygen atoms in total. The third-order valence-corrected chi connectivity index (χ3v) is 3.42. The second-order valence-corrected chi connectivity index (χ2v) is 5.34. The summed E-state index contributed by atoms with van der Waals surface area (Å²) in [5.41, 5.74) is -0.0237. The Kier molecular flexibility index (Phi) is 5.12. The van der Waals surface area contributed by atoms with Crippen LogP contribution in [0.1, 0.15) is 32.1 Å². The Morgan fingerprint density at radius 3 is 2.78 bits per heavy atom.